The van der Waals surface area contributed by atoms with Gasteiger partial charge in [0.1, 0.15) is 0 Å². The van der Waals surface area contributed by atoms with E-state index < -0.39 is 0 Å². The summed E-state index contributed by atoms with van der Waals surface area (Å²) in [5.41, 5.74) is 3.58. The number of hydrogen-bond donors (Lipinski definition) is 2. The third-order valence-electron chi connectivity index (χ3n) is 2.71. The van der Waals surface area contributed by atoms with E-state index in [1.54, 1.807) is 0 Å². The second-order valence-electron chi connectivity index (χ2n) is 4.13. The smallest absolute Gasteiger partial charge is 0.195 e. The highest BCUT2D eigenvalue weighted by Gasteiger charge is 2.09. The molecule has 1 aromatic rings. The Morgan fingerprint density at radius 3 is 2.71 bits per heavy atom. The zero-order chi connectivity index (χ0) is 11.5. The highest BCUT2D eigenvalue weighted by molar-refractivity contribution is 8.93. The quantitative estimate of drug-likeness (QED) is 0.877. The van der Waals surface area contributed by atoms with E-state index in [9.17, 15) is 0 Å². The number of aliphatic imine (C=N–C) groups is 1. The van der Waals surface area contributed by atoms with Crippen LogP contribution in [0, 0.1) is 6.92 Å². The fourth-order valence-corrected chi connectivity index (χ4v) is 1.85. The maximum absolute atomic E-state index is 4.33. The number of anilines is 2. The molecule has 5 heteroatoms. The van der Waals surface area contributed by atoms with Crippen molar-refractivity contribution in [2.24, 2.45) is 4.99 Å². The van der Waals surface area contributed by atoms with Crippen molar-refractivity contribution in [1.29, 1.82) is 0 Å². The van der Waals surface area contributed by atoms with Gasteiger partial charge in [0.05, 0.1) is 6.54 Å². The van der Waals surface area contributed by atoms with Crippen LogP contribution >= 0.6 is 17.0 Å². The van der Waals surface area contributed by atoms with E-state index in [4.69, 9.17) is 0 Å². The van der Waals surface area contributed by atoms with E-state index in [0.29, 0.717) is 0 Å². The molecule has 4 nitrogen and oxygen atoms in total. The van der Waals surface area contributed by atoms with E-state index in [0.717, 1.165) is 24.7 Å². The second kappa shape index (κ2) is 5.91. The van der Waals surface area contributed by atoms with Gasteiger partial charge in [-0.15, -0.1) is 17.0 Å². The van der Waals surface area contributed by atoms with Crippen LogP contribution in [0.2, 0.25) is 0 Å². The molecule has 0 spiro atoms. The number of rotatable bonds is 2. The maximum Gasteiger partial charge on any atom is 0.195 e. The molecule has 1 aliphatic heterocycles. The Morgan fingerprint density at radius 1 is 1.35 bits per heavy atom. The molecule has 2 rings (SSSR count). The highest BCUT2D eigenvalue weighted by Crippen LogP contribution is 2.25. The number of nitrogens with one attached hydrogen (secondary N) is 2. The third kappa shape index (κ3) is 3.12. The summed E-state index contributed by atoms with van der Waals surface area (Å²) in [4.78, 5) is 6.44. The Hall–Kier alpha value is -1.23. The molecule has 94 valence electrons. The van der Waals surface area contributed by atoms with Crippen LogP contribution in [0.4, 0.5) is 11.4 Å². The number of nitrogens with zero attached hydrogens (tertiary/aromatic N) is 2. The van der Waals surface area contributed by atoms with Crippen LogP contribution in [0.1, 0.15) is 5.56 Å². The highest BCUT2D eigenvalue weighted by atomic mass is 79.9. The Kier molecular flexibility index (Phi) is 4.81. The minimum absolute atomic E-state index is 0. The van der Waals surface area contributed by atoms with Gasteiger partial charge in [0, 0.05) is 32.0 Å². The lowest BCUT2D eigenvalue weighted by Crippen LogP contribution is -2.26. The molecule has 0 unspecified atom stereocenters. The van der Waals surface area contributed by atoms with Gasteiger partial charge in [-0.1, -0.05) is 6.07 Å². The molecule has 0 saturated heterocycles. The zero-order valence-electron chi connectivity index (χ0n) is 10.4. The monoisotopic (exact) mass is 298 g/mol. The minimum atomic E-state index is 0. The van der Waals surface area contributed by atoms with Crippen LogP contribution in [-0.4, -0.2) is 33.1 Å². The summed E-state index contributed by atoms with van der Waals surface area (Å²) < 4.78 is 0. The summed E-state index contributed by atoms with van der Waals surface area (Å²) in [6.45, 7) is 3.90. The maximum atomic E-state index is 4.33. The van der Waals surface area contributed by atoms with E-state index in [1.807, 2.05) is 0 Å². The molecule has 0 saturated carbocycles. The fraction of sp³-hybridized carbons (Fsp3) is 0.417. The summed E-state index contributed by atoms with van der Waals surface area (Å²) in [6.07, 6.45) is 0. The lowest BCUT2D eigenvalue weighted by Gasteiger charge is -2.18. The second-order valence-corrected chi connectivity index (χ2v) is 4.13. The van der Waals surface area contributed by atoms with Crippen LogP contribution in [0.3, 0.4) is 0 Å². The van der Waals surface area contributed by atoms with Crippen LogP contribution in [0.25, 0.3) is 0 Å². The lowest BCUT2D eigenvalue weighted by atomic mass is 10.1. The van der Waals surface area contributed by atoms with Gasteiger partial charge in [0.15, 0.2) is 5.96 Å². The van der Waals surface area contributed by atoms with Crippen molar-refractivity contribution in [2.75, 3.05) is 37.4 Å². The summed E-state index contributed by atoms with van der Waals surface area (Å²) in [5.74, 6) is 0.874. The van der Waals surface area contributed by atoms with Gasteiger partial charge >= 0.3 is 0 Å². The van der Waals surface area contributed by atoms with Gasteiger partial charge in [-0.2, -0.15) is 0 Å². The van der Waals surface area contributed by atoms with E-state index in [-0.39, 0.29) is 17.0 Å². The number of guanidine groups is 1. The summed E-state index contributed by atoms with van der Waals surface area (Å²) in [5, 5.41) is 6.52. The van der Waals surface area contributed by atoms with Gasteiger partial charge in [-0.05, 0) is 24.6 Å². The summed E-state index contributed by atoms with van der Waals surface area (Å²) in [6, 6.07) is 6.25. The number of hydrogen-bond acceptors (Lipinski definition) is 4. The first-order chi connectivity index (χ1) is 7.68. The average Bonchev–Trinajstić information content (AvgIpc) is 2.73. The molecule has 0 amide bonds. The van der Waals surface area contributed by atoms with Gasteiger partial charge in [-0.25, -0.2) is 0 Å². The van der Waals surface area contributed by atoms with Crippen molar-refractivity contribution in [3.8, 4) is 0 Å². The first-order valence-corrected chi connectivity index (χ1v) is 5.51. The predicted molar refractivity (Wildman–Crippen MR) is 79.8 cm³/mol. The largest absolute Gasteiger partial charge is 0.377 e. The molecule has 1 aromatic carbocycles. The topological polar surface area (TPSA) is 39.7 Å². The Labute approximate surface area is 113 Å². The molecule has 0 aromatic heterocycles. The van der Waals surface area contributed by atoms with Crippen molar-refractivity contribution in [1.82, 2.24) is 5.32 Å². The fourth-order valence-electron chi connectivity index (χ4n) is 1.85. The van der Waals surface area contributed by atoms with Crippen molar-refractivity contribution in [2.45, 2.75) is 6.92 Å². The van der Waals surface area contributed by atoms with Crippen LogP contribution < -0.4 is 15.5 Å². The zero-order valence-corrected chi connectivity index (χ0v) is 12.2. The van der Waals surface area contributed by atoms with Crippen molar-refractivity contribution in [3.63, 3.8) is 0 Å². The van der Waals surface area contributed by atoms with Gasteiger partial charge < -0.3 is 15.5 Å². The van der Waals surface area contributed by atoms with Crippen LogP contribution in [0.5, 0.6) is 0 Å². The van der Waals surface area contributed by atoms with Crippen LogP contribution in [0.15, 0.2) is 23.2 Å². The van der Waals surface area contributed by atoms with Crippen LogP contribution in [-0.2, 0) is 0 Å². The molecule has 0 fully saturated rings. The Balaban J connectivity index is 0.00000144. The molecule has 0 bridgehead atoms. The first-order valence-electron chi connectivity index (χ1n) is 5.51. The molecule has 0 aliphatic carbocycles. The molecule has 1 heterocycles. The van der Waals surface area contributed by atoms with E-state index in [1.165, 1.54) is 11.3 Å². The molecular formula is C12H19BrN4. The predicted octanol–water partition coefficient (Wildman–Crippen LogP) is 2.01. The van der Waals surface area contributed by atoms with E-state index >= 15 is 0 Å². The van der Waals surface area contributed by atoms with E-state index in [2.05, 4.69) is 59.7 Å². The minimum Gasteiger partial charge on any atom is -0.377 e. The molecule has 0 atom stereocenters. The van der Waals surface area contributed by atoms with Gasteiger partial charge in [-0.3, -0.25) is 4.99 Å². The summed E-state index contributed by atoms with van der Waals surface area (Å²) in [7, 11) is 4.11. The van der Waals surface area contributed by atoms with Crippen molar-refractivity contribution >= 4 is 34.3 Å². The first kappa shape index (κ1) is 13.8. The Bertz CT molecular complexity index is 415. The lowest BCUT2D eigenvalue weighted by molar-refractivity contribution is 0.959. The van der Waals surface area contributed by atoms with Crippen molar-refractivity contribution in [3.05, 3.63) is 23.8 Å². The third-order valence-corrected chi connectivity index (χ3v) is 2.71. The van der Waals surface area contributed by atoms with Gasteiger partial charge in [0.25, 0.3) is 0 Å². The molecule has 17 heavy (non-hydrogen) atoms. The molecular weight excluding hydrogens is 280 g/mol. The van der Waals surface area contributed by atoms with Crippen molar-refractivity contribution < 1.29 is 0 Å². The standard InChI is InChI=1S/C12H18N4.BrH/c1-9-10(15-12-13-7-8-14-12)5-4-6-11(9)16(2)3;/h4-6H,7-8H2,1-3H3,(H2,13,14,15);1H. The summed E-state index contributed by atoms with van der Waals surface area (Å²) >= 11 is 0. The molecule has 0 radical (unpaired) electrons. The van der Waals surface area contributed by atoms with Gasteiger partial charge in [0.2, 0.25) is 0 Å². The normalized spacial score (nSPS) is 13.5. The SMILES string of the molecule is Br.Cc1c(NC2=NCCN2)cccc1N(C)C. The molecule has 2 N–H and O–H groups in total. The average molecular weight is 299 g/mol. The number of halogens is 1. The Morgan fingerprint density at radius 2 is 2.12 bits per heavy atom. The molecule has 1 aliphatic rings. The number of benzene rings is 1.